The van der Waals surface area contributed by atoms with E-state index in [0.29, 0.717) is 64.3 Å². The summed E-state index contributed by atoms with van der Waals surface area (Å²) in [7, 11) is 0. The van der Waals surface area contributed by atoms with Crippen molar-refractivity contribution in [2.75, 3.05) is 32.8 Å². The molecule has 402 valence electrons. The van der Waals surface area contributed by atoms with Gasteiger partial charge in [0.05, 0.1) is 18.8 Å². The third kappa shape index (κ3) is 31.4. The molecule has 9 heteroatoms. The molecule has 0 amide bonds. The fraction of sp³-hybridized carbons (Fsp3) is 0.803. The van der Waals surface area contributed by atoms with Crippen molar-refractivity contribution in [3.8, 4) is 0 Å². The zero-order valence-corrected chi connectivity index (χ0v) is 46.2. The van der Waals surface area contributed by atoms with Crippen molar-refractivity contribution in [3.63, 3.8) is 0 Å². The van der Waals surface area contributed by atoms with E-state index in [2.05, 4.69) is 79.2 Å². The topological polar surface area (TPSA) is 97.7 Å². The number of aliphatic imine (C=N–C) groups is 1. The summed E-state index contributed by atoms with van der Waals surface area (Å²) in [5.74, 6) is -0.693. The summed E-state index contributed by atoms with van der Waals surface area (Å²) in [6.45, 7) is 15.9. The van der Waals surface area contributed by atoms with E-state index in [1.165, 1.54) is 122 Å². The Morgan fingerprint density at radius 2 is 1.04 bits per heavy atom. The second-order valence-electron chi connectivity index (χ2n) is 21.4. The van der Waals surface area contributed by atoms with Gasteiger partial charge in [-0.05, 0) is 149 Å². The van der Waals surface area contributed by atoms with Crippen LogP contribution in [0.1, 0.15) is 260 Å². The van der Waals surface area contributed by atoms with Gasteiger partial charge in [-0.15, -0.1) is 0 Å². The molecular weight excluding hydrogens is 871 g/mol. The van der Waals surface area contributed by atoms with Crippen LogP contribution in [0.15, 0.2) is 53.6 Å². The van der Waals surface area contributed by atoms with E-state index in [4.69, 9.17) is 19.2 Å². The Balaban J connectivity index is 1.85. The number of allylic oxidation sites excluding steroid dienone is 8. The monoisotopic (exact) mass is 978 g/mol. The SMILES string of the molecule is CCCCC/C=C\C/C=C\CCCCCCCCOC(=O)CCCC1(CCCC(=O)OCCCCCCCC/C=C\C/C=C\CCCCC)C=NC(C(=O)OC(C)(C)C)N1CCN1CCCCC1CC. The predicted octanol–water partition coefficient (Wildman–Crippen LogP) is 16.1. The van der Waals surface area contributed by atoms with Gasteiger partial charge in [0.2, 0.25) is 6.17 Å². The summed E-state index contributed by atoms with van der Waals surface area (Å²) in [6, 6.07) is 0.533. The van der Waals surface area contributed by atoms with Crippen molar-refractivity contribution in [2.45, 2.75) is 283 Å². The zero-order chi connectivity index (χ0) is 50.8. The first-order chi connectivity index (χ1) is 34.0. The van der Waals surface area contributed by atoms with E-state index in [1.54, 1.807) is 0 Å². The molecule has 0 spiro atoms. The minimum Gasteiger partial charge on any atom is -0.466 e. The van der Waals surface area contributed by atoms with Crippen molar-refractivity contribution in [1.29, 1.82) is 0 Å². The standard InChI is InChI=1S/C61H107N3O6/c1-7-10-12-14-16-18-20-22-24-26-28-30-32-34-36-40-52-68-56(65)45-42-47-61(54-62-58(59(67)70-60(4,5)6)64(61)51-50-63-49-39-38-44-55(63)9-3)48-43-46-57(66)69-53-41-37-35-33-31-29-27-25-23-21-19-17-15-13-11-8-2/h16-19,22-25,54-55,58H,7-15,20-21,26-53H2,1-6H3/b18-16-,19-17-,24-22-,25-23-. The van der Waals surface area contributed by atoms with E-state index >= 15 is 0 Å². The number of hydrogen-bond donors (Lipinski definition) is 0. The molecule has 1 fully saturated rings. The summed E-state index contributed by atoms with van der Waals surface area (Å²) < 4.78 is 17.4. The molecule has 70 heavy (non-hydrogen) atoms. The molecule has 0 saturated carbocycles. The molecule has 2 atom stereocenters. The van der Waals surface area contributed by atoms with Crippen molar-refractivity contribution in [3.05, 3.63) is 48.6 Å². The van der Waals surface area contributed by atoms with Crippen LogP contribution in [-0.2, 0) is 28.6 Å². The second-order valence-corrected chi connectivity index (χ2v) is 21.4. The lowest BCUT2D eigenvalue weighted by atomic mass is 9.86. The Bertz CT molecular complexity index is 1410. The molecule has 9 nitrogen and oxygen atoms in total. The maximum absolute atomic E-state index is 13.8. The summed E-state index contributed by atoms with van der Waals surface area (Å²) in [4.78, 5) is 49.6. The number of likely N-dealkylation sites (tertiary alicyclic amines) is 1. The molecular formula is C61H107N3O6. The normalized spacial score (nSPS) is 17.8. The van der Waals surface area contributed by atoms with Gasteiger partial charge in [0.1, 0.15) is 5.60 Å². The molecule has 0 aromatic rings. The number of ether oxygens (including phenoxy) is 3. The molecule has 2 aliphatic heterocycles. The summed E-state index contributed by atoms with van der Waals surface area (Å²) in [6.07, 6.45) is 55.7. The van der Waals surface area contributed by atoms with Gasteiger partial charge in [-0.3, -0.25) is 24.4 Å². The number of esters is 3. The van der Waals surface area contributed by atoms with Gasteiger partial charge >= 0.3 is 17.9 Å². The van der Waals surface area contributed by atoms with E-state index < -0.39 is 17.3 Å². The Morgan fingerprint density at radius 1 is 0.586 bits per heavy atom. The number of hydrogen-bond acceptors (Lipinski definition) is 9. The number of rotatable bonds is 43. The first-order valence-corrected chi connectivity index (χ1v) is 29.2. The van der Waals surface area contributed by atoms with Crippen LogP contribution in [0.3, 0.4) is 0 Å². The minimum atomic E-state index is -0.768. The highest BCUT2D eigenvalue weighted by molar-refractivity contribution is 5.84. The van der Waals surface area contributed by atoms with Gasteiger partial charge in [0.25, 0.3) is 0 Å². The summed E-state index contributed by atoms with van der Waals surface area (Å²) in [5, 5.41) is 0. The van der Waals surface area contributed by atoms with E-state index in [9.17, 15) is 14.4 Å². The molecule has 2 aliphatic rings. The molecule has 0 N–H and O–H groups in total. The highest BCUT2D eigenvalue weighted by atomic mass is 16.6. The number of nitrogens with zero attached hydrogens (tertiary/aromatic N) is 3. The van der Waals surface area contributed by atoms with Crippen LogP contribution >= 0.6 is 0 Å². The fourth-order valence-electron chi connectivity index (χ4n) is 9.86. The fourth-order valence-corrected chi connectivity index (χ4v) is 9.86. The molecule has 2 unspecified atom stereocenters. The maximum atomic E-state index is 13.8. The average Bonchev–Trinajstić information content (AvgIpc) is 3.69. The van der Waals surface area contributed by atoms with Crippen LogP contribution in [0.25, 0.3) is 0 Å². The number of carbonyl (C=O) groups excluding carboxylic acids is 3. The first-order valence-electron chi connectivity index (χ1n) is 29.2. The number of piperidine rings is 1. The largest absolute Gasteiger partial charge is 0.466 e. The molecule has 0 aliphatic carbocycles. The van der Waals surface area contributed by atoms with Gasteiger partial charge in [0.15, 0.2) is 0 Å². The van der Waals surface area contributed by atoms with Gasteiger partial charge in [0, 0.05) is 38.2 Å². The quantitative estimate of drug-likeness (QED) is 0.0258. The lowest BCUT2D eigenvalue weighted by Crippen LogP contribution is -2.56. The van der Waals surface area contributed by atoms with Crippen LogP contribution < -0.4 is 0 Å². The van der Waals surface area contributed by atoms with Crippen LogP contribution in [-0.4, -0.2) is 90.1 Å². The third-order valence-corrected chi connectivity index (χ3v) is 14.0. The summed E-state index contributed by atoms with van der Waals surface area (Å²) >= 11 is 0. The highest BCUT2D eigenvalue weighted by Crippen LogP contribution is 2.35. The highest BCUT2D eigenvalue weighted by Gasteiger charge is 2.47. The van der Waals surface area contributed by atoms with Gasteiger partial charge in [-0.2, -0.15) is 0 Å². The van der Waals surface area contributed by atoms with E-state index in [1.807, 2.05) is 27.0 Å². The molecule has 2 heterocycles. The third-order valence-electron chi connectivity index (χ3n) is 14.0. The predicted molar refractivity (Wildman–Crippen MR) is 295 cm³/mol. The first kappa shape index (κ1) is 63.1. The minimum absolute atomic E-state index is 0.172. The van der Waals surface area contributed by atoms with Crippen molar-refractivity contribution in [2.24, 2.45) is 4.99 Å². The lowest BCUT2D eigenvalue weighted by molar-refractivity contribution is -0.162. The second kappa shape index (κ2) is 41.4. The maximum Gasteiger partial charge on any atom is 0.346 e. The Hall–Kier alpha value is -3.04. The van der Waals surface area contributed by atoms with Crippen molar-refractivity contribution >= 4 is 24.1 Å². The summed E-state index contributed by atoms with van der Waals surface area (Å²) in [5.41, 5.74) is -1.25. The molecule has 0 bridgehead atoms. The molecule has 0 radical (unpaired) electrons. The molecule has 1 saturated heterocycles. The van der Waals surface area contributed by atoms with Gasteiger partial charge in [-0.25, -0.2) is 4.79 Å². The van der Waals surface area contributed by atoms with Gasteiger partial charge < -0.3 is 14.2 Å². The van der Waals surface area contributed by atoms with Crippen molar-refractivity contribution in [1.82, 2.24) is 9.80 Å². The van der Waals surface area contributed by atoms with Crippen LogP contribution in [0.4, 0.5) is 0 Å². The smallest absolute Gasteiger partial charge is 0.346 e. The van der Waals surface area contributed by atoms with Crippen LogP contribution in [0.2, 0.25) is 0 Å². The van der Waals surface area contributed by atoms with Gasteiger partial charge in [-0.1, -0.05) is 153 Å². The molecule has 0 aromatic carbocycles. The van der Waals surface area contributed by atoms with E-state index in [0.717, 1.165) is 70.9 Å². The Kier molecular flexibility index (Phi) is 37.3. The number of carbonyl (C=O) groups is 3. The zero-order valence-electron chi connectivity index (χ0n) is 46.2. The molecule has 2 rings (SSSR count). The Labute approximate surface area is 430 Å². The van der Waals surface area contributed by atoms with E-state index in [-0.39, 0.29) is 17.9 Å². The lowest BCUT2D eigenvalue weighted by Gasteiger charge is -2.42. The van der Waals surface area contributed by atoms with Crippen LogP contribution in [0.5, 0.6) is 0 Å². The van der Waals surface area contributed by atoms with Crippen molar-refractivity contribution < 1.29 is 28.6 Å². The van der Waals surface area contributed by atoms with Crippen LogP contribution in [0, 0.1) is 0 Å². The Morgan fingerprint density at radius 3 is 1.50 bits per heavy atom. The molecule has 0 aromatic heterocycles. The number of unbranched alkanes of at least 4 members (excludes halogenated alkanes) is 18. The average molecular weight is 979 g/mol.